The maximum absolute atomic E-state index is 5.81. The number of aliphatic imine (C=N–C) groups is 1. The fourth-order valence-corrected chi connectivity index (χ4v) is 3.77. The molecule has 7 heteroatoms. The zero-order valence-corrected chi connectivity index (χ0v) is 19.3. The molecule has 0 saturated carbocycles. The Morgan fingerprint density at radius 3 is 2.71 bits per heavy atom. The lowest BCUT2D eigenvalue weighted by Gasteiger charge is -2.29. The molecule has 0 radical (unpaired) electrons. The van der Waals surface area contributed by atoms with Gasteiger partial charge in [-0.05, 0) is 44.3 Å². The Kier molecular flexibility index (Phi) is 11.1. The summed E-state index contributed by atoms with van der Waals surface area (Å²) in [7, 11) is 1.83. The number of guanidine groups is 1. The monoisotopic (exact) mass is 502 g/mol. The van der Waals surface area contributed by atoms with Gasteiger partial charge in [0.2, 0.25) is 0 Å². The first-order chi connectivity index (χ1) is 13.4. The molecule has 1 aromatic rings. The van der Waals surface area contributed by atoms with E-state index in [1.54, 1.807) is 0 Å². The van der Waals surface area contributed by atoms with Gasteiger partial charge in [0.1, 0.15) is 0 Å². The van der Waals surface area contributed by atoms with E-state index in [-0.39, 0.29) is 30.1 Å². The van der Waals surface area contributed by atoms with Crippen LogP contribution in [0.5, 0.6) is 0 Å². The summed E-state index contributed by atoms with van der Waals surface area (Å²) in [5.41, 5.74) is 1.37. The molecule has 0 aromatic heterocycles. The standard InChI is InChI=1S/C21H34N4O2.HI/c1-22-21(23-11-7-14-27-19-10-15-26-17-19)24-16-20(25-12-5-6-13-25)18-8-3-2-4-9-18;/h2-4,8-9,19-20H,5-7,10-17H2,1H3,(H2,22,23,24);1H. The number of nitrogens with zero attached hydrogens (tertiary/aromatic N) is 2. The highest BCUT2D eigenvalue weighted by Gasteiger charge is 2.23. The highest BCUT2D eigenvalue weighted by atomic mass is 127. The average Bonchev–Trinajstić information content (AvgIpc) is 3.41. The van der Waals surface area contributed by atoms with E-state index >= 15 is 0 Å². The zero-order chi connectivity index (χ0) is 18.7. The predicted molar refractivity (Wildman–Crippen MR) is 125 cm³/mol. The van der Waals surface area contributed by atoms with Crippen molar-refractivity contribution in [2.24, 2.45) is 4.99 Å². The molecule has 1 aromatic carbocycles. The lowest BCUT2D eigenvalue weighted by atomic mass is 10.1. The molecule has 2 heterocycles. The fraction of sp³-hybridized carbons (Fsp3) is 0.667. The Hall–Kier alpha value is -0.900. The zero-order valence-electron chi connectivity index (χ0n) is 16.9. The SMILES string of the molecule is CN=C(NCCCOC1CCOC1)NCC(c1ccccc1)N1CCCC1.I. The number of halogens is 1. The van der Waals surface area contributed by atoms with Crippen molar-refractivity contribution in [2.45, 2.75) is 37.8 Å². The van der Waals surface area contributed by atoms with E-state index in [1.807, 2.05) is 7.05 Å². The van der Waals surface area contributed by atoms with Crippen molar-refractivity contribution in [2.75, 3.05) is 53.0 Å². The Morgan fingerprint density at radius 2 is 2.04 bits per heavy atom. The number of nitrogens with one attached hydrogen (secondary N) is 2. The van der Waals surface area contributed by atoms with Gasteiger partial charge in [-0.3, -0.25) is 9.89 Å². The third-order valence-electron chi connectivity index (χ3n) is 5.31. The van der Waals surface area contributed by atoms with Crippen molar-refractivity contribution in [1.29, 1.82) is 0 Å². The van der Waals surface area contributed by atoms with Gasteiger partial charge < -0.3 is 20.1 Å². The van der Waals surface area contributed by atoms with Gasteiger partial charge in [-0.1, -0.05) is 30.3 Å². The Bertz CT molecular complexity index is 561. The number of hydrogen-bond acceptors (Lipinski definition) is 4. The molecule has 2 aliphatic rings. The smallest absolute Gasteiger partial charge is 0.191 e. The number of ether oxygens (including phenoxy) is 2. The van der Waals surface area contributed by atoms with Crippen molar-refractivity contribution in [3.63, 3.8) is 0 Å². The molecule has 0 aliphatic carbocycles. The molecule has 0 amide bonds. The van der Waals surface area contributed by atoms with E-state index in [2.05, 4.69) is 50.9 Å². The van der Waals surface area contributed by atoms with E-state index in [0.717, 1.165) is 51.7 Å². The molecule has 2 N–H and O–H groups in total. The van der Waals surface area contributed by atoms with E-state index in [0.29, 0.717) is 6.04 Å². The van der Waals surface area contributed by atoms with Crippen LogP contribution in [0.1, 0.15) is 37.3 Å². The van der Waals surface area contributed by atoms with E-state index in [4.69, 9.17) is 9.47 Å². The van der Waals surface area contributed by atoms with Crippen LogP contribution in [0.15, 0.2) is 35.3 Å². The molecule has 6 nitrogen and oxygen atoms in total. The van der Waals surface area contributed by atoms with E-state index in [1.165, 1.54) is 31.5 Å². The molecule has 2 atom stereocenters. The summed E-state index contributed by atoms with van der Waals surface area (Å²) in [5.74, 6) is 0.860. The van der Waals surface area contributed by atoms with Gasteiger partial charge in [-0.2, -0.15) is 0 Å². The third kappa shape index (κ3) is 7.50. The van der Waals surface area contributed by atoms with Gasteiger partial charge in [0, 0.05) is 33.4 Å². The topological polar surface area (TPSA) is 58.1 Å². The minimum Gasteiger partial charge on any atom is -0.379 e. The van der Waals surface area contributed by atoms with Crippen LogP contribution in [0.3, 0.4) is 0 Å². The molecular formula is C21H35IN4O2. The van der Waals surface area contributed by atoms with Crippen LogP contribution in [0.25, 0.3) is 0 Å². The van der Waals surface area contributed by atoms with Crippen molar-refractivity contribution < 1.29 is 9.47 Å². The molecule has 3 rings (SSSR count). The third-order valence-corrected chi connectivity index (χ3v) is 5.31. The second-order valence-electron chi connectivity index (χ2n) is 7.26. The number of hydrogen-bond donors (Lipinski definition) is 2. The normalized spacial score (nSPS) is 21.3. The Morgan fingerprint density at radius 1 is 1.25 bits per heavy atom. The van der Waals surface area contributed by atoms with Crippen LogP contribution < -0.4 is 10.6 Å². The number of likely N-dealkylation sites (tertiary alicyclic amines) is 1. The molecule has 2 saturated heterocycles. The van der Waals surface area contributed by atoms with Crippen molar-refractivity contribution in [3.8, 4) is 0 Å². The van der Waals surface area contributed by atoms with Crippen molar-refractivity contribution >= 4 is 29.9 Å². The lowest BCUT2D eigenvalue weighted by Crippen LogP contribution is -2.43. The second kappa shape index (κ2) is 13.3. The van der Waals surface area contributed by atoms with Crippen LogP contribution in [0.2, 0.25) is 0 Å². The predicted octanol–water partition coefficient (Wildman–Crippen LogP) is 2.80. The number of rotatable bonds is 9. The summed E-state index contributed by atoms with van der Waals surface area (Å²) in [6, 6.07) is 11.2. The molecule has 2 fully saturated rings. The molecule has 158 valence electrons. The summed E-state index contributed by atoms with van der Waals surface area (Å²) >= 11 is 0. The molecule has 0 bridgehead atoms. The first-order valence-electron chi connectivity index (χ1n) is 10.3. The summed E-state index contributed by atoms with van der Waals surface area (Å²) in [4.78, 5) is 6.95. The van der Waals surface area contributed by atoms with Crippen LogP contribution in [0, 0.1) is 0 Å². The summed E-state index contributed by atoms with van der Waals surface area (Å²) in [6.07, 6.45) is 4.86. The van der Waals surface area contributed by atoms with Gasteiger partial charge in [0.05, 0.1) is 18.8 Å². The van der Waals surface area contributed by atoms with Gasteiger partial charge in [0.25, 0.3) is 0 Å². The van der Waals surface area contributed by atoms with Crippen LogP contribution >= 0.6 is 24.0 Å². The second-order valence-corrected chi connectivity index (χ2v) is 7.26. The van der Waals surface area contributed by atoms with Crippen LogP contribution in [-0.4, -0.2) is 70.0 Å². The summed E-state index contributed by atoms with van der Waals surface area (Å²) in [6.45, 7) is 6.41. The highest BCUT2D eigenvalue weighted by Crippen LogP contribution is 2.24. The minimum atomic E-state index is 0. The molecule has 2 unspecified atom stereocenters. The van der Waals surface area contributed by atoms with Crippen molar-refractivity contribution in [3.05, 3.63) is 35.9 Å². The lowest BCUT2D eigenvalue weighted by molar-refractivity contribution is 0.0420. The van der Waals surface area contributed by atoms with Crippen LogP contribution in [0.4, 0.5) is 0 Å². The molecular weight excluding hydrogens is 467 g/mol. The molecule has 2 aliphatic heterocycles. The minimum absolute atomic E-state index is 0. The maximum Gasteiger partial charge on any atom is 0.191 e. The van der Waals surface area contributed by atoms with Crippen molar-refractivity contribution in [1.82, 2.24) is 15.5 Å². The first-order valence-corrected chi connectivity index (χ1v) is 10.3. The highest BCUT2D eigenvalue weighted by molar-refractivity contribution is 14.0. The summed E-state index contributed by atoms with van der Waals surface area (Å²) in [5, 5.41) is 6.91. The Balaban J connectivity index is 0.00000280. The molecule has 28 heavy (non-hydrogen) atoms. The van der Waals surface area contributed by atoms with Gasteiger partial charge in [-0.25, -0.2) is 0 Å². The van der Waals surface area contributed by atoms with Gasteiger partial charge >= 0.3 is 0 Å². The number of benzene rings is 1. The van der Waals surface area contributed by atoms with E-state index in [9.17, 15) is 0 Å². The fourth-order valence-electron chi connectivity index (χ4n) is 3.77. The largest absolute Gasteiger partial charge is 0.379 e. The quantitative estimate of drug-likeness (QED) is 0.236. The average molecular weight is 502 g/mol. The summed E-state index contributed by atoms with van der Waals surface area (Å²) < 4.78 is 11.1. The van der Waals surface area contributed by atoms with Crippen LogP contribution in [-0.2, 0) is 9.47 Å². The maximum atomic E-state index is 5.81. The van der Waals surface area contributed by atoms with E-state index < -0.39 is 0 Å². The first kappa shape index (κ1) is 23.4. The van der Waals surface area contributed by atoms with Gasteiger partial charge in [-0.15, -0.1) is 24.0 Å². The molecule has 0 spiro atoms. The van der Waals surface area contributed by atoms with Gasteiger partial charge in [0.15, 0.2) is 5.96 Å². The Labute approximate surface area is 186 Å².